The Labute approximate surface area is 234 Å². The van der Waals surface area contributed by atoms with Crippen LogP contribution in [0, 0.1) is 6.92 Å². The molecule has 0 saturated heterocycles. The van der Waals surface area contributed by atoms with E-state index in [1.54, 1.807) is 18.4 Å². The van der Waals surface area contributed by atoms with Gasteiger partial charge in [-0.25, -0.2) is 9.79 Å². The third-order valence-corrected chi connectivity index (χ3v) is 7.47. The van der Waals surface area contributed by atoms with Crippen LogP contribution in [0.2, 0.25) is 0 Å². The van der Waals surface area contributed by atoms with Crippen molar-refractivity contribution in [2.75, 3.05) is 13.2 Å². The molecule has 4 rings (SSSR count). The molecule has 200 valence electrons. The number of hydrogen-bond donors (Lipinski definition) is 0. The standard InChI is InChI=1S/C29H31BrN2O5S/c1-7-35-22-14-19(13-21(30)26(22)37-16(3)4)15-23-27(33)32-25(20-11-9-17(5)10-12-20)24(28(34)36-8-2)18(6)31-29(32)38-23/h9-16,25H,7-8H2,1-6H3/b23-15-/t25-/m0/s1. The summed E-state index contributed by atoms with van der Waals surface area (Å²) < 4.78 is 20.0. The Balaban J connectivity index is 1.90. The second-order valence-corrected chi connectivity index (χ2v) is 11.0. The highest BCUT2D eigenvalue weighted by Gasteiger charge is 2.33. The van der Waals surface area contributed by atoms with Crippen molar-refractivity contribution in [3.8, 4) is 11.5 Å². The predicted molar refractivity (Wildman–Crippen MR) is 153 cm³/mol. The number of carbonyl (C=O) groups excluding carboxylic acids is 1. The zero-order chi connectivity index (χ0) is 27.6. The number of aryl methyl sites for hydroxylation is 1. The van der Waals surface area contributed by atoms with Crippen molar-refractivity contribution < 1.29 is 19.0 Å². The van der Waals surface area contributed by atoms with Crippen LogP contribution in [0.15, 0.2) is 61.9 Å². The zero-order valence-corrected chi connectivity index (χ0v) is 24.7. The average molecular weight is 600 g/mol. The number of benzene rings is 2. The van der Waals surface area contributed by atoms with Crippen LogP contribution in [0.3, 0.4) is 0 Å². The van der Waals surface area contributed by atoms with Crippen molar-refractivity contribution in [1.29, 1.82) is 0 Å². The molecule has 1 atom stereocenters. The highest BCUT2D eigenvalue weighted by molar-refractivity contribution is 9.10. The summed E-state index contributed by atoms with van der Waals surface area (Å²) in [4.78, 5) is 32.1. The normalized spacial score (nSPS) is 15.4. The van der Waals surface area contributed by atoms with Gasteiger partial charge in [-0.3, -0.25) is 9.36 Å². The maximum absolute atomic E-state index is 13.8. The number of nitrogens with zero attached hydrogens (tertiary/aromatic N) is 2. The van der Waals surface area contributed by atoms with Crippen LogP contribution < -0.4 is 24.4 Å². The van der Waals surface area contributed by atoms with Gasteiger partial charge >= 0.3 is 5.97 Å². The Kier molecular flexibility index (Phi) is 8.57. The molecule has 0 radical (unpaired) electrons. The minimum Gasteiger partial charge on any atom is -0.490 e. The van der Waals surface area contributed by atoms with Crippen molar-refractivity contribution in [2.24, 2.45) is 4.99 Å². The molecular weight excluding hydrogens is 568 g/mol. The van der Waals surface area contributed by atoms with Gasteiger partial charge in [0, 0.05) is 0 Å². The minimum absolute atomic E-state index is 0.0290. The molecule has 0 bridgehead atoms. The van der Waals surface area contributed by atoms with Gasteiger partial charge in [0.2, 0.25) is 0 Å². The van der Waals surface area contributed by atoms with Gasteiger partial charge < -0.3 is 14.2 Å². The van der Waals surface area contributed by atoms with Crippen molar-refractivity contribution in [3.05, 3.63) is 88.5 Å². The lowest BCUT2D eigenvalue weighted by Gasteiger charge is -2.24. The molecule has 0 N–H and O–H groups in total. The molecule has 0 unspecified atom stereocenters. The van der Waals surface area contributed by atoms with E-state index in [9.17, 15) is 9.59 Å². The molecule has 1 aliphatic heterocycles. The van der Waals surface area contributed by atoms with Crippen LogP contribution in [-0.4, -0.2) is 29.9 Å². The summed E-state index contributed by atoms with van der Waals surface area (Å²) in [5.41, 5.74) is 3.35. The van der Waals surface area contributed by atoms with Gasteiger partial charge in [-0.05, 0) is 86.8 Å². The highest BCUT2D eigenvalue weighted by Crippen LogP contribution is 2.38. The van der Waals surface area contributed by atoms with E-state index in [-0.39, 0.29) is 18.3 Å². The van der Waals surface area contributed by atoms with E-state index in [2.05, 4.69) is 20.9 Å². The lowest BCUT2D eigenvalue weighted by molar-refractivity contribution is -0.139. The van der Waals surface area contributed by atoms with E-state index in [0.717, 1.165) is 21.2 Å². The number of carbonyl (C=O) groups is 1. The molecule has 7 nitrogen and oxygen atoms in total. The first-order valence-corrected chi connectivity index (χ1v) is 14.1. The summed E-state index contributed by atoms with van der Waals surface area (Å²) in [6, 6.07) is 10.9. The molecule has 0 fully saturated rings. The smallest absolute Gasteiger partial charge is 0.338 e. The lowest BCUT2D eigenvalue weighted by atomic mass is 9.95. The van der Waals surface area contributed by atoms with Crippen molar-refractivity contribution >= 4 is 39.3 Å². The third-order valence-electron chi connectivity index (χ3n) is 5.89. The van der Waals surface area contributed by atoms with Crippen molar-refractivity contribution in [3.63, 3.8) is 0 Å². The molecule has 3 aromatic rings. The Hall–Kier alpha value is -3.17. The van der Waals surface area contributed by atoms with Crippen molar-refractivity contribution in [2.45, 2.75) is 53.7 Å². The number of fused-ring (bicyclic) bond motifs is 1. The van der Waals surface area contributed by atoms with Crippen LogP contribution in [0.1, 0.15) is 57.4 Å². The summed E-state index contributed by atoms with van der Waals surface area (Å²) in [5.74, 6) is 0.738. The monoisotopic (exact) mass is 598 g/mol. The zero-order valence-electron chi connectivity index (χ0n) is 22.3. The largest absolute Gasteiger partial charge is 0.490 e. The number of ether oxygens (including phenoxy) is 3. The van der Waals surface area contributed by atoms with Gasteiger partial charge in [0.05, 0.1) is 45.6 Å². The first kappa shape index (κ1) is 27.9. The topological polar surface area (TPSA) is 79.1 Å². The van der Waals surface area contributed by atoms with E-state index in [0.29, 0.717) is 38.7 Å². The molecule has 38 heavy (non-hydrogen) atoms. The number of aromatic nitrogens is 1. The number of halogens is 1. The van der Waals surface area contributed by atoms with Gasteiger partial charge in [0.1, 0.15) is 0 Å². The van der Waals surface area contributed by atoms with E-state index >= 15 is 0 Å². The summed E-state index contributed by atoms with van der Waals surface area (Å²) in [5, 5.41) is 0. The van der Waals surface area contributed by atoms with E-state index in [1.165, 1.54) is 11.3 Å². The molecule has 9 heteroatoms. The first-order chi connectivity index (χ1) is 18.1. The minimum atomic E-state index is -0.638. The Morgan fingerprint density at radius 1 is 1.16 bits per heavy atom. The third kappa shape index (κ3) is 5.63. The molecule has 1 aromatic heterocycles. The quantitative estimate of drug-likeness (QED) is 0.339. The van der Waals surface area contributed by atoms with Crippen LogP contribution in [0.5, 0.6) is 11.5 Å². The van der Waals surface area contributed by atoms with Gasteiger partial charge in [-0.2, -0.15) is 0 Å². The molecule has 0 aliphatic carbocycles. The van der Waals surface area contributed by atoms with Crippen molar-refractivity contribution in [1.82, 2.24) is 4.57 Å². The van der Waals surface area contributed by atoms with Crippen LogP contribution in [0.25, 0.3) is 6.08 Å². The molecule has 0 spiro atoms. The Bertz CT molecular complexity index is 1570. The van der Waals surface area contributed by atoms with Crippen LogP contribution in [0.4, 0.5) is 0 Å². The number of rotatable bonds is 8. The summed E-state index contributed by atoms with van der Waals surface area (Å²) in [6.45, 7) is 12.1. The molecule has 2 aromatic carbocycles. The molecule has 0 amide bonds. The first-order valence-electron chi connectivity index (χ1n) is 12.5. The SMILES string of the molecule is CCOC(=O)C1=C(C)N=c2s/c(=C\c3cc(Br)c(OC(C)C)c(OCC)c3)c(=O)n2[C@H]1c1ccc(C)cc1. The maximum atomic E-state index is 13.8. The number of allylic oxidation sites excluding steroid dienone is 1. The number of hydrogen-bond acceptors (Lipinski definition) is 7. The van der Waals surface area contributed by atoms with Crippen LogP contribution in [-0.2, 0) is 9.53 Å². The number of esters is 1. The lowest BCUT2D eigenvalue weighted by Crippen LogP contribution is -2.39. The fourth-order valence-electron chi connectivity index (χ4n) is 4.29. The fourth-order valence-corrected chi connectivity index (χ4v) is 5.89. The molecular formula is C29H31BrN2O5S. The number of thiazole rings is 1. The van der Waals surface area contributed by atoms with E-state index < -0.39 is 12.0 Å². The average Bonchev–Trinajstić information content (AvgIpc) is 3.15. The Morgan fingerprint density at radius 3 is 2.50 bits per heavy atom. The molecule has 2 heterocycles. The van der Waals surface area contributed by atoms with Gasteiger partial charge in [0.15, 0.2) is 16.3 Å². The predicted octanol–water partition coefficient (Wildman–Crippen LogP) is 5.06. The second kappa shape index (κ2) is 11.7. The molecule has 1 aliphatic rings. The van der Waals surface area contributed by atoms with Crippen LogP contribution >= 0.6 is 27.3 Å². The Morgan fingerprint density at radius 2 is 1.87 bits per heavy atom. The fraction of sp³-hybridized carbons (Fsp3) is 0.345. The highest BCUT2D eigenvalue weighted by atomic mass is 79.9. The van der Waals surface area contributed by atoms with Gasteiger partial charge in [-0.15, -0.1) is 0 Å². The van der Waals surface area contributed by atoms with Gasteiger partial charge in [0.25, 0.3) is 5.56 Å². The molecule has 0 saturated carbocycles. The maximum Gasteiger partial charge on any atom is 0.338 e. The summed E-state index contributed by atoms with van der Waals surface area (Å²) >= 11 is 4.88. The van der Waals surface area contributed by atoms with E-state index in [4.69, 9.17) is 14.2 Å². The second-order valence-electron chi connectivity index (χ2n) is 9.14. The van der Waals surface area contributed by atoms with Gasteiger partial charge in [-0.1, -0.05) is 41.2 Å². The summed E-state index contributed by atoms with van der Waals surface area (Å²) in [6.07, 6.45) is 1.78. The summed E-state index contributed by atoms with van der Waals surface area (Å²) in [7, 11) is 0. The van der Waals surface area contributed by atoms with E-state index in [1.807, 2.05) is 70.2 Å².